The summed E-state index contributed by atoms with van der Waals surface area (Å²) < 4.78 is 53.7. The van der Waals surface area contributed by atoms with Gasteiger partial charge in [-0.25, -0.2) is 4.39 Å². The third-order valence-corrected chi connectivity index (χ3v) is 7.60. The van der Waals surface area contributed by atoms with Gasteiger partial charge in [0.25, 0.3) is 0 Å². The number of carbonyl (C=O) groups is 1. The standard InChI is InChI=1S/C26H29F4N3O/c27-20-5-3-4-17(12-20)15-31-25(34)22-14-18-13-19(26(28,29)30)8-9-23(18)33-11-10-32(16-24(22)33)21-6-1-2-7-21/h3-5,8-9,12-13,21-22,24H,1-2,6-7,10-11,14-16H2,(H,31,34). The molecule has 2 atom stereocenters. The van der Waals surface area contributed by atoms with Gasteiger partial charge in [-0.15, -0.1) is 0 Å². The maximum absolute atomic E-state index is 13.5. The molecule has 1 N–H and O–H groups in total. The fourth-order valence-electron chi connectivity index (χ4n) is 5.89. The van der Waals surface area contributed by atoms with Crippen LogP contribution in [0.1, 0.15) is 42.4 Å². The Morgan fingerprint density at radius 2 is 1.85 bits per heavy atom. The molecule has 4 nitrogen and oxygen atoms in total. The number of carbonyl (C=O) groups excluding carboxylic acids is 1. The summed E-state index contributed by atoms with van der Waals surface area (Å²) in [5.74, 6) is -1.05. The number of rotatable bonds is 4. The van der Waals surface area contributed by atoms with E-state index in [-0.39, 0.29) is 30.7 Å². The van der Waals surface area contributed by atoms with E-state index in [0.29, 0.717) is 23.7 Å². The number of nitrogens with zero attached hydrogens (tertiary/aromatic N) is 2. The summed E-state index contributed by atoms with van der Waals surface area (Å²) in [7, 11) is 0. The first-order chi connectivity index (χ1) is 16.3. The monoisotopic (exact) mass is 475 g/mol. The highest BCUT2D eigenvalue weighted by atomic mass is 19.4. The molecule has 2 aromatic rings. The Labute approximate surface area is 196 Å². The van der Waals surface area contributed by atoms with Crippen LogP contribution in [0.4, 0.5) is 23.2 Å². The van der Waals surface area contributed by atoms with Crippen LogP contribution in [0, 0.1) is 11.7 Å². The second kappa shape index (κ2) is 9.21. The molecule has 0 bridgehead atoms. The van der Waals surface area contributed by atoms with Gasteiger partial charge in [0.15, 0.2) is 0 Å². The van der Waals surface area contributed by atoms with Crippen molar-refractivity contribution in [2.45, 2.75) is 56.9 Å². The highest BCUT2D eigenvalue weighted by Crippen LogP contribution is 2.40. The molecule has 0 radical (unpaired) electrons. The van der Waals surface area contributed by atoms with E-state index in [1.54, 1.807) is 18.2 Å². The molecule has 0 aromatic heterocycles. The largest absolute Gasteiger partial charge is 0.416 e. The summed E-state index contributed by atoms with van der Waals surface area (Å²) >= 11 is 0. The van der Waals surface area contributed by atoms with Gasteiger partial charge in [0.1, 0.15) is 5.82 Å². The van der Waals surface area contributed by atoms with Crippen LogP contribution in [-0.2, 0) is 23.9 Å². The van der Waals surface area contributed by atoms with Crippen molar-refractivity contribution in [3.05, 3.63) is 65.0 Å². The van der Waals surface area contributed by atoms with Crippen LogP contribution in [0.2, 0.25) is 0 Å². The van der Waals surface area contributed by atoms with Crippen molar-refractivity contribution in [3.8, 4) is 0 Å². The normalized spacial score (nSPS) is 23.5. The minimum absolute atomic E-state index is 0.105. The van der Waals surface area contributed by atoms with Crippen molar-refractivity contribution in [1.29, 1.82) is 0 Å². The van der Waals surface area contributed by atoms with Gasteiger partial charge in [0, 0.05) is 37.9 Å². The molecular weight excluding hydrogens is 446 g/mol. The number of piperazine rings is 1. The summed E-state index contributed by atoms with van der Waals surface area (Å²) in [6, 6.07) is 10.4. The van der Waals surface area contributed by atoms with Crippen molar-refractivity contribution in [2.75, 3.05) is 24.5 Å². The zero-order valence-corrected chi connectivity index (χ0v) is 19.0. The Bertz CT molecular complexity index is 1050. The van der Waals surface area contributed by atoms with E-state index in [9.17, 15) is 22.4 Å². The molecule has 2 aliphatic heterocycles. The van der Waals surface area contributed by atoms with Gasteiger partial charge in [0.2, 0.25) is 5.91 Å². The zero-order chi connectivity index (χ0) is 23.9. The lowest BCUT2D eigenvalue weighted by Gasteiger charge is -2.50. The molecule has 1 saturated carbocycles. The van der Waals surface area contributed by atoms with E-state index in [2.05, 4.69) is 15.1 Å². The third kappa shape index (κ3) is 4.65. The summed E-state index contributed by atoms with van der Waals surface area (Å²) in [6.07, 6.45) is 0.589. The van der Waals surface area contributed by atoms with Crippen molar-refractivity contribution in [3.63, 3.8) is 0 Å². The van der Waals surface area contributed by atoms with Crippen molar-refractivity contribution < 1.29 is 22.4 Å². The number of fused-ring (bicyclic) bond motifs is 3. The molecule has 2 fully saturated rings. The number of benzene rings is 2. The Morgan fingerprint density at radius 3 is 2.59 bits per heavy atom. The van der Waals surface area contributed by atoms with Gasteiger partial charge in [0.05, 0.1) is 17.5 Å². The van der Waals surface area contributed by atoms with E-state index in [4.69, 9.17) is 0 Å². The van der Waals surface area contributed by atoms with Gasteiger partial charge in [-0.05, 0) is 60.7 Å². The average Bonchev–Trinajstić information content (AvgIpc) is 3.36. The summed E-state index contributed by atoms with van der Waals surface area (Å²) in [4.78, 5) is 18.0. The van der Waals surface area contributed by atoms with Gasteiger partial charge in [-0.3, -0.25) is 9.69 Å². The maximum atomic E-state index is 13.5. The molecule has 182 valence electrons. The van der Waals surface area contributed by atoms with E-state index in [0.717, 1.165) is 37.7 Å². The molecule has 2 aromatic carbocycles. The molecule has 2 unspecified atom stereocenters. The smallest absolute Gasteiger partial charge is 0.365 e. The topological polar surface area (TPSA) is 35.6 Å². The summed E-state index contributed by atoms with van der Waals surface area (Å²) in [5.41, 5.74) is 1.33. The van der Waals surface area contributed by atoms with Gasteiger partial charge >= 0.3 is 6.18 Å². The molecule has 0 spiro atoms. The lowest BCUT2D eigenvalue weighted by atomic mass is 9.82. The minimum atomic E-state index is -4.43. The van der Waals surface area contributed by atoms with Crippen LogP contribution in [0.5, 0.6) is 0 Å². The fraction of sp³-hybridized carbons (Fsp3) is 0.500. The van der Waals surface area contributed by atoms with Crippen LogP contribution < -0.4 is 10.2 Å². The lowest BCUT2D eigenvalue weighted by molar-refractivity contribution is -0.137. The van der Waals surface area contributed by atoms with E-state index in [1.165, 1.54) is 31.0 Å². The first-order valence-electron chi connectivity index (χ1n) is 12.0. The van der Waals surface area contributed by atoms with E-state index in [1.807, 2.05) is 0 Å². The highest BCUT2D eigenvalue weighted by Gasteiger charge is 2.43. The Kier molecular flexibility index (Phi) is 6.27. The van der Waals surface area contributed by atoms with Gasteiger partial charge in [-0.1, -0.05) is 25.0 Å². The number of nitrogens with one attached hydrogen (secondary N) is 1. The van der Waals surface area contributed by atoms with Crippen LogP contribution >= 0.6 is 0 Å². The average molecular weight is 476 g/mol. The molecular formula is C26H29F4N3O. The Hall–Kier alpha value is -2.61. The molecule has 34 heavy (non-hydrogen) atoms. The predicted molar refractivity (Wildman–Crippen MR) is 122 cm³/mol. The van der Waals surface area contributed by atoms with Crippen molar-refractivity contribution in [2.24, 2.45) is 5.92 Å². The number of hydrogen-bond acceptors (Lipinski definition) is 3. The number of amides is 1. The third-order valence-electron chi connectivity index (χ3n) is 7.60. The van der Waals surface area contributed by atoms with E-state index >= 15 is 0 Å². The molecule has 1 saturated heterocycles. The molecule has 5 rings (SSSR count). The molecule has 8 heteroatoms. The molecule has 3 aliphatic rings. The van der Waals surface area contributed by atoms with Gasteiger partial charge < -0.3 is 10.2 Å². The lowest BCUT2D eigenvalue weighted by Crippen LogP contribution is -2.62. The van der Waals surface area contributed by atoms with Crippen LogP contribution in [0.25, 0.3) is 0 Å². The van der Waals surface area contributed by atoms with Crippen molar-refractivity contribution >= 4 is 11.6 Å². The van der Waals surface area contributed by atoms with E-state index < -0.39 is 17.7 Å². The maximum Gasteiger partial charge on any atom is 0.416 e. The van der Waals surface area contributed by atoms with Crippen LogP contribution in [0.3, 0.4) is 0 Å². The summed E-state index contributed by atoms with van der Waals surface area (Å²) in [6.45, 7) is 2.44. The van der Waals surface area contributed by atoms with Crippen molar-refractivity contribution in [1.82, 2.24) is 10.2 Å². The zero-order valence-electron chi connectivity index (χ0n) is 19.0. The van der Waals surface area contributed by atoms with Gasteiger partial charge in [-0.2, -0.15) is 13.2 Å². The summed E-state index contributed by atoms with van der Waals surface area (Å²) in [5, 5.41) is 2.92. The highest BCUT2D eigenvalue weighted by molar-refractivity contribution is 5.82. The van der Waals surface area contributed by atoms with Crippen LogP contribution in [0.15, 0.2) is 42.5 Å². The molecule has 1 aliphatic carbocycles. The quantitative estimate of drug-likeness (QED) is 0.648. The first kappa shape index (κ1) is 23.1. The predicted octanol–water partition coefficient (Wildman–Crippen LogP) is 4.77. The fourth-order valence-corrected chi connectivity index (χ4v) is 5.89. The molecule has 1 amide bonds. The van der Waals surface area contributed by atoms with Crippen LogP contribution in [-0.4, -0.2) is 42.5 Å². The Balaban J connectivity index is 1.41. The number of hydrogen-bond donors (Lipinski definition) is 1. The second-order valence-corrected chi connectivity index (χ2v) is 9.69. The minimum Gasteiger partial charge on any atom is -0.365 e. The number of alkyl halides is 3. The number of halogens is 4. The first-order valence-corrected chi connectivity index (χ1v) is 12.0. The molecule has 2 heterocycles. The second-order valence-electron chi connectivity index (χ2n) is 9.69. The Morgan fingerprint density at radius 1 is 1.06 bits per heavy atom. The number of anilines is 1. The SMILES string of the molecule is O=C(NCc1cccc(F)c1)C1Cc2cc(C(F)(F)F)ccc2N2CCN(C3CCCC3)CC12.